The number of rotatable bonds is 53. The molecule has 0 aliphatic heterocycles. The van der Waals surface area contributed by atoms with Gasteiger partial charge in [-0.2, -0.15) is 0 Å². The summed E-state index contributed by atoms with van der Waals surface area (Å²) >= 11 is 0. The zero-order valence-electron chi connectivity index (χ0n) is 78.5. The molecule has 0 aromatic heterocycles. The number of carbonyl (C=O) groups excluding carboxylic acids is 10. The van der Waals surface area contributed by atoms with Gasteiger partial charge in [-0.1, -0.05) is 75.2 Å². The van der Waals surface area contributed by atoms with Gasteiger partial charge in [-0.05, 0) is 147 Å². The molecule has 0 aliphatic carbocycles. The van der Waals surface area contributed by atoms with Crippen molar-refractivity contribution < 1.29 is 290 Å². The third kappa shape index (κ3) is 252. The predicted molar refractivity (Wildman–Crippen MR) is 471 cm³/mol. The summed E-state index contributed by atoms with van der Waals surface area (Å²) in [6.45, 7) is 19.6. The Morgan fingerprint density at radius 1 is 0.307 bits per heavy atom. The molecule has 140 heavy (non-hydrogen) atoms. The van der Waals surface area contributed by atoms with Crippen LogP contribution in [0.3, 0.4) is 0 Å². The minimum atomic E-state index is -3.04. The number of esters is 3. The summed E-state index contributed by atoms with van der Waals surface area (Å²) in [5.41, 5.74) is 0. The van der Waals surface area contributed by atoms with E-state index in [-0.39, 0.29) is 602 Å². The number of carboxylic acid groups (broad SMARTS) is 2. The molecule has 0 heterocycles. The minimum absolute atomic E-state index is 0. The molecule has 0 rings (SSSR count). The number of unbranched alkanes of at least 4 members (excludes halogenated alkanes) is 2. The summed E-state index contributed by atoms with van der Waals surface area (Å²) in [5, 5.41) is 99.5. The molecular formula is C54H104Ca14NO60P11+26. The predicted octanol–water partition coefficient (Wildman–Crippen LogP) is -3.92. The fraction of sp³-hybridized carbons (Fsp3) is 0.815. The van der Waals surface area contributed by atoms with Crippen LogP contribution in [0, 0.1) is 35.5 Å². The molecule has 0 aromatic carbocycles. The van der Waals surface area contributed by atoms with Gasteiger partial charge in [0.05, 0.1) is 38.3 Å². The van der Waals surface area contributed by atoms with Gasteiger partial charge in [0.25, 0.3) is 0 Å². The van der Waals surface area contributed by atoms with Crippen molar-refractivity contribution in [3.63, 3.8) is 0 Å². The third-order valence-corrected chi connectivity index (χ3v) is 14.0. The van der Waals surface area contributed by atoms with E-state index in [0.29, 0.717) is 95.5 Å². The van der Waals surface area contributed by atoms with Crippen molar-refractivity contribution in [1.29, 1.82) is 0 Å². The number of carboxylic acids is 2. The van der Waals surface area contributed by atoms with Crippen LogP contribution in [0.2, 0.25) is 0 Å². The molecule has 742 valence electrons. The van der Waals surface area contributed by atoms with Crippen molar-refractivity contribution in [2.75, 3.05) is 39.6 Å². The van der Waals surface area contributed by atoms with E-state index >= 15 is 0 Å². The van der Waals surface area contributed by atoms with Gasteiger partial charge < -0.3 is 97.9 Å². The first-order chi connectivity index (χ1) is 58.5. The van der Waals surface area contributed by atoms with Crippen LogP contribution in [0.5, 0.6) is 0 Å². The molecule has 86 heteroatoms. The van der Waals surface area contributed by atoms with E-state index in [1.54, 1.807) is 13.8 Å². The Morgan fingerprint density at radius 2 is 0.543 bits per heavy atom. The summed E-state index contributed by atoms with van der Waals surface area (Å²) in [6, 6.07) is 0. The molecule has 0 saturated carbocycles. The van der Waals surface area contributed by atoms with E-state index in [1.165, 1.54) is 0 Å². The van der Waals surface area contributed by atoms with Crippen molar-refractivity contribution in [2.24, 2.45) is 35.5 Å². The van der Waals surface area contributed by atoms with Crippen molar-refractivity contribution in [1.82, 2.24) is 5.32 Å². The van der Waals surface area contributed by atoms with Crippen LogP contribution in [0.4, 0.5) is 0 Å². The van der Waals surface area contributed by atoms with Crippen molar-refractivity contribution in [3.8, 4) is 0 Å². The molecule has 0 saturated heterocycles. The van der Waals surface area contributed by atoms with E-state index in [1.807, 2.05) is 41.5 Å². The van der Waals surface area contributed by atoms with E-state index in [9.17, 15) is 48.3 Å². The summed E-state index contributed by atoms with van der Waals surface area (Å²) in [5.74, 6) is -4.29. The van der Waals surface area contributed by atoms with Crippen LogP contribution < -0.4 is 69.4 Å². The van der Waals surface area contributed by atoms with Gasteiger partial charge in [0, 0.05) is 139 Å². The molecule has 17 unspecified atom stereocenters. The molecule has 0 bridgehead atoms. The van der Waals surface area contributed by atoms with E-state index in [0.717, 1.165) is 64.9 Å². The summed E-state index contributed by atoms with van der Waals surface area (Å²) in [4.78, 5) is 214. The Balaban J connectivity index is -0.0000000415. The van der Waals surface area contributed by atoms with Gasteiger partial charge in [-0.3, -0.25) is 38.4 Å². The van der Waals surface area contributed by atoms with Crippen molar-refractivity contribution in [3.05, 3.63) is 0 Å². The molecule has 17 atom stereocenters. The summed E-state index contributed by atoms with van der Waals surface area (Å²) in [7, 11) is -33.5. The van der Waals surface area contributed by atoms with E-state index < -0.39 is 139 Å². The second-order valence-electron chi connectivity index (χ2n) is 22.1. The van der Waals surface area contributed by atoms with Crippen LogP contribution in [-0.2, 0) is 169 Å². The Bertz CT molecular complexity index is 2730. The molecule has 0 aromatic rings. The summed E-state index contributed by atoms with van der Waals surface area (Å²) in [6.07, 6.45) is 13.5. The van der Waals surface area contributed by atoms with Crippen LogP contribution in [0.15, 0.2) is 0 Å². The SMILES string of the molecule is CC(=O)[O-].CCCC(=O)OCCCC(=O)C(C)CC(CCC(C)C(=O)OCCCC(=O)C(C)CC)C(=O)NCC(=O)[O-].CCCC(=O)OCCCC(=O)CCCCCC(C)COCCCC(=O)C(C)CC.O=[P+]([O-])OO.O=[P+]([O-])OO.O=[P+]([O-])OO.O=[P+]([O-])OO.O=[P+]([O-])OO.O=[P+]([O-])OO.O=[P+]([O-])OO.O=[P+]([O-])OO.O=[P+]([O-])OO.O=[P+]([O-])OO.O=[P+]([O-])OO.[Ca+2].[Ca+2].[Ca+2].[Ca+2].[Ca+2].[Ca+2].[Ca+2].[Ca+2].[Ca+2].[Ca+2].[Ca+2].[Ca+2].[Ca+2].[Ca+2]. The Hall–Kier alpha value is 12.9. The monoisotopic (exact) mass is 2630 g/mol. The van der Waals surface area contributed by atoms with Gasteiger partial charge in [-0.15, -0.1) is 0 Å². The number of Topliss-reactive ketones (excluding diaryl/α,β-unsaturated/α-hetero) is 4. The largest absolute Gasteiger partial charge is 2.00 e. The minimum Gasteiger partial charge on any atom is -0.565 e. The number of ketones is 4. The third-order valence-electron chi connectivity index (χ3n) is 12.6. The molecular weight excluding hydrogens is 2520 g/mol. The zero-order valence-corrected chi connectivity index (χ0v) is 119. The second-order valence-corrected chi connectivity index (χ2v) is 28.8. The molecule has 0 fully saturated rings. The number of ether oxygens (including phenoxy) is 4. The van der Waals surface area contributed by atoms with Crippen LogP contribution >= 0.6 is 90.8 Å². The van der Waals surface area contributed by atoms with Gasteiger partial charge in [0.15, 0.2) is 0 Å². The van der Waals surface area contributed by atoms with Crippen LogP contribution in [-0.4, -0.2) is 685 Å². The first-order valence-corrected chi connectivity index (χ1v) is 46.4. The van der Waals surface area contributed by atoms with E-state index in [2.05, 4.69) is 63.7 Å². The molecule has 1 amide bonds. The Kier molecular flexibility index (Phi) is 294. The van der Waals surface area contributed by atoms with Crippen LogP contribution in [0.25, 0.3) is 0 Å². The topological polar surface area (TPSA) is 1030 Å². The fourth-order valence-electron chi connectivity index (χ4n) is 6.82. The number of amides is 1. The molecule has 61 nitrogen and oxygen atoms in total. The summed E-state index contributed by atoms with van der Waals surface area (Å²) < 4.78 is 149. The standard InChI is InChI=1S/C28H47NO9.C24H44O5.C2H4O2.14Ca.11HO4P/c1-6-10-26(34)37-15-8-12-24(31)21(5)17-22(27(35)29-18-25(32)33)14-13-20(4)28(36)38-16-9-11-23(30)19(3)7-2;1-5-12-24(27)29-18-10-15-22(25)14-9-7-8-13-20(3)19-28-17-11-16-23(26)21(4)6-2;1-2(3)4;;;;;;;;;;;;;;;11*1-4-5(2)3/h19-22H,6-18H2,1-5H3,(H,29,35)(H,32,33);20-21H,5-19H2,1-4H3;1H3,(H,3,4);;;;;;;;;;;;;;;11*1H/q;;;14*+2;;;;;;;;;;;/p-2. The molecule has 0 spiro atoms. The molecule has 12 N–H and O–H groups in total. The molecule has 0 radical (unpaired) electrons. The van der Waals surface area contributed by atoms with Gasteiger partial charge in [0.1, 0.15) is 23.1 Å². The van der Waals surface area contributed by atoms with E-state index in [4.69, 9.17) is 191 Å². The normalized spacial score (nSPS) is 11.1. The average Bonchev–Trinajstić information content (AvgIpc) is 0.890. The zero-order chi connectivity index (χ0) is 102. The first-order valence-electron chi connectivity index (χ1n) is 34.4. The maximum absolute atomic E-state index is 12.6. The second kappa shape index (κ2) is 182. The number of hydrogen-bond acceptors (Lipinski definition) is 60. The Morgan fingerprint density at radius 3 is 0.786 bits per heavy atom. The maximum atomic E-state index is 12.6. The number of hydrogen-bond donors (Lipinski definition) is 12. The van der Waals surface area contributed by atoms with Crippen molar-refractivity contribution in [2.45, 2.75) is 210 Å². The smallest absolute Gasteiger partial charge is 0.565 e. The molecule has 0 aliphatic rings. The number of carbonyl (C=O) groups is 10. The van der Waals surface area contributed by atoms with Gasteiger partial charge in [-0.25, -0.2) is 57.8 Å². The quantitative estimate of drug-likeness (QED) is 0.00526. The number of aliphatic carboxylic acids is 2. The van der Waals surface area contributed by atoms with Crippen molar-refractivity contribution >= 4 is 678 Å². The Labute approximate surface area is 1230 Å². The van der Waals surface area contributed by atoms with Crippen LogP contribution in [0.1, 0.15) is 210 Å². The van der Waals surface area contributed by atoms with Gasteiger partial charge in [0.2, 0.25) is 5.91 Å². The fourth-order valence-corrected chi connectivity index (χ4v) is 6.82. The first kappa shape index (κ1) is 226. The average molecular weight is 2630 g/mol. The maximum Gasteiger partial charge on any atom is 2.00 e. The number of nitrogens with one attached hydrogen (secondary N) is 1. The van der Waals surface area contributed by atoms with Gasteiger partial charge >= 0.3 is 637 Å².